The van der Waals surface area contributed by atoms with Crippen molar-refractivity contribution in [1.29, 1.82) is 0 Å². The Morgan fingerprint density at radius 3 is 2.59 bits per heavy atom. The first-order valence-corrected chi connectivity index (χ1v) is 8.71. The molecule has 6 nitrogen and oxygen atoms in total. The van der Waals surface area contributed by atoms with Crippen LogP contribution in [-0.4, -0.2) is 31.4 Å². The minimum atomic E-state index is -3.01. The van der Waals surface area contributed by atoms with Gasteiger partial charge in [0.15, 0.2) is 16.6 Å². The second-order valence-electron chi connectivity index (χ2n) is 6.35. The molecule has 0 unspecified atom stereocenters. The highest BCUT2D eigenvalue weighted by Gasteiger charge is 2.32. The summed E-state index contributed by atoms with van der Waals surface area (Å²) in [7, 11) is 1.35. The Morgan fingerprint density at radius 1 is 1.30 bits per heavy atom. The molecule has 1 heterocycles. The minimum absolute atomic E-state index is 0.135. The minimum Gasteiger partial charge on any atom is -0.493 e. The van der Waals surface area contributed by atoms with Gasteiger partial charge in [0.05, 0.1) is 25.3 Å². The van der Waals surface area contributed by atoms with Crippen LogP contribution in [0.1, 0.15) is 32.4 Å². The zero-order valence-corrected chi connectivity index (χ0v) is 16.3. The topological polar surface area (TPSA) is 68.8 Å². The standard InChI is InChI=1S/C18H22F2N2O4S/c1-9(2)8-25-16(23)14-10(3)21-18(27)22-15(14)11-5-6-12(24-4)13(7-11)26-17(19)20/h5-7,9,15,17H,8H2,1-4H3,(H2,21,22,27)/t15-/m0/s1. The van der Waals surface area contributed by atoms with Crippen LogP contribution in [0.4, 0.5) is 8.78 Å². The van der Waals surface area contributed by atoms with Crippen molar-refractivity contribution < 1.29 is 27.8 Å². The summed E-state index contributed by atoms with van der Waals surface area (Å²) in [6.07, 6.45) is 0. The number of thiocarbonyl (C=S) groups is 1. The van der Waals surface area contributed by atoms with Crippen LogP contribution in [-0.2, 0) is 9.53 Å². The maximum absolute atomic E-state index is 12.7. The molecule has 0 radical (unpaired) electrons. The first-order valence-electron chi connectivity index (χ1n) is 8.31. The van der Waals surface area contributed by atoms with E-state index < -0.39 is 18.6 Å². The van der Waals surface area contributed by atoms with Crippen LogP contribution in [0.5, 0.6) is 11.5 Å². The monoisotopic (exact) mass is 400 g/mol. The van der Waals surface area contributed by atoms with Crippen LogP contribution in [0.2, 0.25) is 0 Å². The van der Waals surface area contributed by atoms with E-state index in [4.69, 9.17) is 21.7 Å². The third-order valence-electron chi connectivity index (χ3n) is 3.77. The average Bonchev–Trinajstić information content (AvgIpc) is 2.58. The van der Waals surface area contributed by atoms with Crippen LogP contribution in [0.3, 0.4) is 0 Å². The van der Waals surface area contributed by atoms with Gasteiger partial charge in [0.2, 0.25) is 0 Å². The molecule has 0 aromatic heterocycles. The number of ether oxygens (including phenoxy) is 3. The molecule has 0 saturated carbocycles. The third kappa shape index (κ3) is 5.29. The molecule has 27 heavy (non-hydrogen) atoms. The number of methoxy groups -OCH3 is 1. The summed E-state index contributed by atoms with van der Waals surface area (Å²) in [5, 5.41) is 6.18. The van der Waals surface area contributed by atoms with Crippen LogP contribution < -0.4 is 20.1 Å². The summed E-state index contributed by atoms with van der Waals surface area (Å²) in [6.45, 7) is 2.80. The van der Waals surface area contributed by atoms with Crippen molar-refractivity contribution >= 4 is 23.3 Å². The lowest BCUT2D eigenvalue weighted by molar-refractivity contribution is -0.140. The predicted molar refractivity (Wildman–Crippen MR) is 99.7 cm³/mol. The first kappa shape index (κ1) is 20.9. The van der Waals surface area contributed by atoms with Gasteiger partial charge in [0.1, 0.15) is 0 Å². The van der Waals surface area contributed by atoms with E-state index in [0.29, 0.717) is 21.9 Å². The van der Waals surface area contributed by atoms with Crippen LogP contribution >= 0.6 is 12.2 Å². The fourth-order valence-electron chi connectivity index (χ4n) is 2.60. The van der Waals surface area contributed by atoms with E-state index in [1.165, 1.54) is 19.2 Å². The molecular weight excluding hydrogens is 378 g/mol. The van der Waals surface area contributed by atoms with Crippen molar-refractivity contribution in [1.82, 2.24) is 10.6 Å². The average molecular weight is 400 g/mol. The molecule has 0 spiro atoms. The molecule has 0 aliphatic carbocycles. The largest absolute Gasteiger partial charge is 0.493 e. The fraction of sp³-hybridized carbons (Fsp3) is 0.444. The lowest BCUT2D eigenvalue weighted by Gasteiger charge is -2.30. The maximum Gasteiger partial charge on any atom is 0.387 e. The summed E-state index contributed by atoms with van der Waals surface area (Å²) < 4.78 is 40.3. The number of allylic oxidation sites excluding steroid dienone is 1. The zero-order chi connectivity index (χ0) is 20.1. The van der Waals surface area contributed by atoms with E-state index in [1.54, 1.807) is 13.0 Å². The second kappa shape index (κ2) is 8.98. The molecular formula is C18H22F2N2O4S. The van der Waals surface area contributed by atoms with Gasteiger partial charge in [-0.05, 0) is 42.8 Å². The number of hydrogen-bond acceptors (Lipinski definition) is 5. The number of carbonyl (C=O) groups is 1. The number of rotatable bonds is 7. The summed E-state index contributed by atoms with van der Waals surface area (Å²) in [5.41, 5.74) is 1.35. The maximum atomic E-state index is 12.7. The number of hydrogen-bond donors (Lipinski definition) is 2. The molecule has 1 aliphatic heterocycles. The highest BCUT2D eigenvalue weighted by atomic mass is 32.1. The molecule has 0 amide bonds. The molecule has 9 heteroatoms. The third-order valence-corrected chi connectivity index (χ3v) is 3.99. The van der Waals surface area contributed by atoms with Gasteiger partial charge >= 0.3 is 12.6 Å². The molecule has 0 fully saturated rings. The van der Waals surface area contributed by atoms with Crippen molar-refractivity contribution in [3.05, 3.63) is 35.0 Å². The van der Waals surface area contributed by atoms with Crippen molar-refractivity contribution in [2.45, 2.75) is 33.4 Å². The van der Waals surface area contributed by atoms with E-state index in [2.05, 4.69) is 15.4 Å². The van der Waals surface area contributed by atoms with Crippen LogP contribution in [0, 0.1) is 5.92 Å². The number of carbonyl (C=O) groups excluding carboxylic acids is 1. The highest BCUT2D eigenvalue weighted by Crippen LogP contribution is 2.35. The summed E-state index contributed by atoms with van der Waals surface area (Å²) >= 11 is 5.17. The van der Waals surface area contributed by atoms with Gasteiger partial charge in [-0.2, -0.15) is 8.78 Å². The molecule has 1 aromatic carbocycles. The molecule has 1 aliphatic rings. The fourth-order valence-corrected chi connectivity index (χ4v) is 2.87. The zero-order valence-electron chi connectivity index (χ0n) is 15.5. The predicted octanol–water partition coefficient (Wildman–Crippen LogP) is 3.29. The quantitative estimate of drug-likeness (QED) is 0.538. The molecule has 148 valence electrons. The van der Waals surface area contributed by atoms with E-state index in [-0.39, 0.29) is 24.0 Å². The first-order chi connectivity index (χ1) is 12.7. The van der Waals surface area contributed by atoms with E-state index in [0.717, 1.165) is 0 Å². The molecule has 0 saturated heterocycles. The Kier molecular flexibility index (Phi) is 6.95. The smallest absolute Gasteiger partial charge is 0.387 e. The molecule has 2 rings (SSSR count). The van der Waals surface area contributed by atoms with Gasteiger partial charge in [0, 0.05) is 5.70 Å². The molecule has 0 bridgehead atoms. The van der Waals surface area contributed by atoms with Gasteiger partial charge in [-0.25, -0.2) is 4.79 Å². The van der Waals surface area contributed by atoms with Crippen molar-refractivity contribution in [2.75, 3.05) is 13.7 Å². The number of esters is 1. The normalized spacial score (nSPS) is 16.9. The second-order valence-corrected chi connectivity index (χ2v) is 6.76. The van der Waals surface area contributed by atoms with Crippen LogP contribution in [0.15, 0.2) is 29.5 Å². The molecule has 1 aromatic rings. The van der Waals surface area contributed by atoms with Gasteiger partial charge in [-0.1, -0.05) is 19.9 Å². The Labute approximate surface area is 161 Å². The molecule has 2 N–H and O–H groups in total. The van der Waals surface area contributed by atoms with Gasteiger partial charge in [-0.3, -0.25) is 0 Å². The number of halogens is 2. The van der Waals surface area contributed by atoms with E-state index in [1.807, 2.05) is 13.8 Å². The lowest BCUT2D eigenvalue weighted by atomic mass is 9.95. The Bertz CT molecular complexity index is 753. The SMILES string of the molecule is COc1ccc([C@@H]2NC(=S)NC(C)=C2C(=O)OCC(C)C)cc1OC(F)F. The Hall–Kier alpha value is -2.42. The summed E-state index contributed by atoms with van der Waals surface area (Å²) in [6, 6.07) is 3.85. The van der Waals surface area contributed by atoms with Gasteiger partial charge in [-0.15, -0.1) is 0 Å². The number of nitrogens with one attached hydrogen (secondary N) is 2. The van der Waals surface area contributed by atoms with Gasteiger partial charge < -0.3 is 24.8 Å². The Balaban J connectivity index is 2.42. The van der Waals surface area contributed by atoms with Crippen molar-refractivity contribution in [2.24, 2.45) is 5.92 Å². The van der Waals surface area contributed by atoms with Crippen molar-refractivity contribution in [3.63, 3.8) is 0 Å². The Morgan fingerprint density at radius 2 is 2.00 bits per heavy atom. The number of alkyl halides is 2. The van der Waals surface area contributed by atoms with E-state index >= 15 is 0 Å². The highest BCUT2D eigenvalue weighted by molar-refractivity contribution is 7.80. The van der Waals surface area contributed by atoms with Crippen molar-refractivity contribution in [3.8, 4) is 11.5 Å². The van der Waals surface area contributed by atoms with Crippen LogP contribution in [0.25, 0.3) is 0 Å². The summed E-state index contributed by atoms with van der Waals surface area (Å²) in [4.78, 5) is 12.6. The summed E-state index contributed by atoms with van der Waals surface area (Å²) in [5.74, 6) is -0.323. The van der Waals surface area contributed by atoms with E-state index in [9.17, 15) is 13.6 Å². The number of benzene rings is 1. The lowest BCUT2D eigenvalue weighted by Crippen LogP contribution is -2.45. The van der Waals surface area contributed by atoms with Gasteiger partial charge in [0.25, 0.3) is 0 Å². The molecule has 1 atom stereocenters.